The van der Waals surface area contributed by atoms with Crippen molar-refractivity contribution in [3.8, 4) is 17.4 Å². The molecule has 2 rings (SSSR count). The molecule has 0 amide bonds. The highest BCUT2D eigenvalue weighted by molar-refractivity contribution is 6.31. The number of benzene rings is 1. The Morgan fingerprint density at radius 2 is 1.90 bits per heavy atom. The van der Waals surface area contributed by atoms with Crippen molar-refractivity contribution in [2.75, 3.05) is 7.11 Å². The van der Waals surface area contributed by atoms with Gasteiger partial charge in [-0.3, -0.25) is 0 Å². The summed E-state index contributed by atoms with van der Waals surface area (Å²) >= 11 is 5.92. The van der Waals surface area contributed by atoms with E-state index in [0.29, 0.717) is 17.4 Å². The summed E-state index contributed by atoms with van der Waals surface area (Å²) in [6, 6.07) is 7.95. The second kappa shape index (κ2) is 7.10. The summed E-state index contributed by atoms with van der Waals surface area (Å²) in [7, 11) is 1.51. The molecule has 1 aromatic carbocycles. The Morgan fingerprint density at radius 3 is 2.55 bits per heavy atom. The van der Waals surface area contributed by atoms with Gasteiger partial charge in [-0.25, -0.2) is 4.98 Å². The highest BCUT2D eigenvalue weighted by Gasteiger charge is 2.12. The molecule has 1 aromatic heterocycles. The third-order valence-corrected chi connectivity index (χ3v) is 3.16. The molecule has 20 heavy (non-hydrogen) atoms. The summed E-state index contributed by atoms with van der Waals surface area (Å²) in [6.45, 7) is 2.18. The van der Waals surface area contributed by atoms with Gasteiger partial charge in [0.15, 0.2) is 5.15 Å². The van der Waals surface area contributed by atoms with Gasteiger partial charge < -0.3 is 9.47 Å². The van der Waals surface area contributed by atoms with Crippen molar-refractivity contribution in [1.82, 2.24) is 9.97 Å². The molecule has 0 spiro atoms. The van der Waals surface area contributed by atoms with Gasteiger partial charge in [-0.05, 0) is 30.5 Å². The molecular weight excluding hydrogens is 276 g/mol. The Hall–Kier alpha value is -1.81. The molecule has 1 heterocycles. The van der Waals surface area contributed by atoms with E-state index in [2.05, 4.69) is 29.0 Å². The van der Waals surface area contributed by atoms with Crippen LogP contribution in [0.25, 0.3) is 0 Å². The van der Waals surface area contributed by atoms with Gasteiger partial charge in [0.1, 0.15) is 12.1 Å². The van der Waals surface area contributed by atoms with Crippen LogP contribution in [0.2, 0.25) is 5.15 Å². The Labute approximate surface area is 123 Å². The second-order valence-corrected chi connectivity index (χ2v) is 4.71. The monoisotopic (exact) mass is 292 g/mol. The minimum Gasteiger partial charge on any atom is -0.489 e. The fourth-order valence-corrected chi connectivity index (χ4v) is 2.00. The van der Waals surface area contributed by atoms with E-state index in [-0.39, 0.29) is 5.15 Å². The predicted molar refractivity (Wildman–Crippen MR) is 78.7 cm³/mol. The van der Waals surface area contributed by atoms with Crippen molar-refractivity contribution >= 4 is 11.6 Å². The molecule has 0 saturated carbocycles. The van der Waals surface area contributed by atoms with E-state index < -0.39 is 0 Å². The molecule has 0 radical (unpaired) electrons. The van der Waals surface area contributed by atoms with E-state index in [1.165, 1.54) is 31.8 Å². The van der Waals surface area contributed by atoms with Gasteiger partial charge in [0, 0.05) is 0 Å². The van der Waals surface area contributed by atoms with Gasteiger partial charge in [-0.15, -0.1) is 0 Å². The standard InChI is InChI=1S/C15H17ClN2O2/c1-3-4-5-11-6-8-12(9-7-11)20-15-13(19-2)14(16)17-10-18-15/h6-10H,3-5H2,1-2H3. The average molecular weight is 293 g/mol. The molecule has 5 heteroatoms. The smallest absolute Gasteiger partial charge is 0.267 e. The number of methoxy groups -OCH3 is 1. The number of aromatic nitrogens is 2. The van der Waals surface area contributed by atoms with Gasteiger partial charge in [-0.1, -0.05) is 37.1 Å². The largest absolute Gasteiger partial charge is 0.489 e. The molecule has 2 aromatic rings. The normalized spacial score (nSPS) is 10.3. The number of halogens is 1. The maximum Gasteiger partial charge on any atom is 0.267 e. The zero-order valence-corrected chi connectivity index (χ0v) is 12.4. The Bertz CT molecular complexity index is 558. The zero-order chi connectivity index (χ0) is 14.4. The maximum atomic E-state index is 5.92. The number of ether oxygens (including phenoxy) is 2. The number of rotatable bonds is 6. The van der Waals surface area contributed by atoms with E-state index in [9.17, 15) is 0 Å². The lowest BCUT2D eigenvalue weighted by Gasteiger charge is -2.09. The Morgan fingerprint density at radius 1 is 1.15 bits per heavy atom. The summed E-state index contributed by atoms with van der Waals surface area (Å²) in [5, 5.41) is 0.233. The van der Waals surface area contributed by atoms with Gasteiger partial charge in [-0.2, -0.15) is 4.98 Å². The highest BCUT2D eigenvalue weighted by Crippen LogP contribution is 2.33. The van der Waals surface area contributed by atoms with Crippen LogP contribution in [0.15, 0.2) is 30.6 Å². The quantitative estimate of drug-likeness (QED) is 0.746. The SMILES string of the molecule is CCCCc1ccc(Oc2ncnc(Cl)c2OC)cc1. The maximum absolute atomic E-state index is 5.92. The second-order valence-electron chi connectivity index (χ2n) is 4.35. The first-order valence-corrected chi connectivity index (χ1v) is 6.93. The molecule has 0 bridgehead atoms. The van der Waals surface area contributed by atoms with E-state index >= 15 is 0 Å². The van der Waals surface area contributed by atoms with E-state index in [1.54, 1.807) is 0 Å². The number of hydrogen-bond donors (Lipinski definition) is 0. The fourth-order valence-electron chi connectivity index (χ4n) is 1.80. The third kappa shape index (κ3) is 3.61. The summed E-state index contributed by atoms with van der Waals surface area (Å²) in [5.74, 6) is 1.34. The van der Waals surface area contributed by atoms with Gasteiger partial charge in [0.2, 0.25) is 5.75 Å². The minimum absolute atomic E-state index is 0.233. The zero-order valence-electron chi connectivity index (χ0n) is 11.6. The molecule has 0 aliphatic rings. The average Bonchev–Trinajstić information content (AvgIpc) is 2.47. The lowest BCUT2D eigenvalue weighted by Crippen LogP contribution is -1.95. The molecule has 0 atom stereocenters. The molecule has 0 saturated heterocycles. The molecule has 0 aliphatic heterocycles. The van der Waals surface area contributed by atoms with Crippen LogP contribution >= 0.6 is 11.6 Å². The fraction of sp³-hybridized carbons (Fsp3) is 0.333. The van der Waals surface area contributed by atoms with E-state index in [4.69, 9.17) is 21.1 Å². The van der Waals surface area contributed by atoms with Crippen LogP contribution in [0, 0.1) is 0 Å². The first-order chi connectivity index (χ1) is 9.74. The van der Waals surface area contributed by atoms with Crippen LogP contribution < -0.4 is 9.47 Å². The molecule has 0 unspecified atom stereocenters. The highest BCUT2D eigenvalue weighted by atomic mass is 35.5. The number of aryl methyl sites for hydroxylation is 1. The van der Waals surface area contributed by atoms with Crippen LogP contribution in [0.3, 0.4) is 0 Å². The van der Waals surface area contributed by atoms with Crippen molar-refractivity contribution < 1.29 is 9.47 Å². The van der Waals surface area contributed by atoms with Crippen molar-refractivity contribution in [2.45, 2.75) is 26.2 Å². The van der Waals surface area contributed by atoms with Gasteiger partial charge in [0.05, 0.1) is 7.11 Å². The van der Waals surface area contributed by atoms with Crippen molar-refractivity contribution in [2.24, 2.45) is 0 Å². The molecule has 0 aliphatic carbocycles. The van der Waals surface area contributed by atoms with Crippen molar-refractivity contribution in [1.29, 1.82) is 0 Å². The van der Waals surface area contributed by atoms with Crippen molar-refractivity contribution in [3.05, 3.63) is 41.3 Å². The minimum atomic E-state index is 0.233. The molecule has 4 nitrogen and oxygen atoms in total. The molecule has 0 fully saturated rings. The molecular formula is C15H17ClN2O2. The Balaban J connectivity index is 2.12. The lowest BCUT2D eigenvalue weighted by molar-refractivity contribution is 0.367. The van der Waals surface area contributed by atoms with Crippen LogP contribution in [0.5, 0.6) is 17.4 Å². The van der Waals surface area contributed by atoms with E-state index in [0.717, 1.165) is 6.42 Å². The number of unbranched alkanes of at least 4 members (excludes halogenated alkanes) is 1. The topological polar surface area (TPSA) is 44.2 Å². The van der Waals surface area contributed by atoms with Crippen LogP contribution in [-0.4, -0.2) is 17.1 Å². The summed E-state index contributed by atoms with van der Waals surface area (Å²) in [4.78, 5) is 7.88. The molecule has 106 valence electrons. The van der Waals surface area contributed by atoms with E-state index in [1.807, 2.05) is 12.1 Å². The predicted octanol–water partition coefficient (Wildman–Crippen LogP) is 4.27. The summed E-state index contributed by atoms with van der Waals surface area (Å²) in [6.07, 6.45) is 4.81. The Kier molecular flexibility index (Phi) is 5.18. The van der Waals surface area contributed by atoms with Crippen LogP contribution in [0.4, 0.5) is 0 Å². The lowest BCUT2D eigenvalue weighted by atomic mass is 10.1. The summed E-state index contributed by atoms with van der Waals surface area (Å²) < 4.78 is 10.8. The van der Waals surface area contributed by atoms with Crippen LogP contribution in [0.1, 0.15) is 25.3 Å². The van der Waals surface area contributed by atoms with Crippen LogP contribution in [-0.2, 0) is 6.42 Å². The third-order valence-electron chi connectivity index (χ3n) is 2.89. The van der Waals surface area contributed by atoms with Gasteiger partial charge in [0.25, 0.3) is 5.88 Å². The first kappa shape index (κ1) is 14.6. The first-order valence-electron chi connectivity index (χ1n) is 6.56. The number of nitrogens with zero attached hydrogens (tertiary/aromatic N) is 2. The number of hydrogen-bond acceptors (Lipinski definition) is 4. The summed E-state index contributed by atoms with van der Waals surface area (Å²) in [5.41, 5.74) is 1.30. The molecule has 0 N–H and O–H groups in total. The van der Waals surface area contributed by atoms with Gasteiger partial charge >= 0.3 is 0 Å². The van der Waals surface area contributed by atoms with Crippen molar-refractivity contribution in [3.63, 3.8) is 0 Å².